The van der Waals surface area contributed by atoms with Gasteiger partial charge in [0.15, 0.2) is 0 Å². The molecule has 0 amide bonds. The lowest BCUT2D eigenvalue weighted by Gasteiger charge is -2.25. The van der Waals surface area contributed by atoms with Crippen LogP contribution in [0.5, 0.6) is 0 Å². The largest absolute Gasteiger partial charge is 0.318 e. The average Bonchev–Trinajstić information content (AvgIpc) is 2.25. The molecule has 0 radical (unpaired) electrons. The number of hydrogen-bond donors (Lipinski definition) is 1. The first-order chi connectivity index (χ1) is 7.07. The van der Waals surface area contributed by atoms with Crippen molar-refractivity contribution in [1.82, 2.24) is 10.2 Å². The van der Waals surface area contributed by atoms with Crippen LogP contribution in [-0.2, 0) is 0 Å². The van der Waals surface area contributed by atoms with Crippen LogP contribution in [0.15, 0.2) is 0 Å². The Balaban J connectivity index is 0. The summed E-state index contributed by atoms with van der Waals surface area (Å²) in [4.78, 5) is 2.43. The zero-order valence-electron chi connectivity index (χ0n) is 11.9. The average molecular weight is 216 g/mol. The molecule has 1 unspecified atom stereocenters. The highest BCUT2D eigenvalue weighted by Crippen LogP contribution is 2.09. The third kappa shape index (κ3) is 11.8. The summed E-state index contributed by atoms with van der Waals surface area (Å²) >= 11 is 0. The number of nitrogens with one attached hydrogen (secondary N) is 1. The van der Waals surface area contributed by atoms with Crippen molar-refractivity contribution in [2.75, 3.05) is 27.2 Å². The van der Waals surface area contributed by atoms with Gasteiger partial charge < -0.3 is 10.2 Å². The Morgan fingerprint density at radius 2 is 1.60 bits per heavy atom. The first-order valence-electron chi connectivity index (χ1n) is 6.42. The fourth-order valence-electron chi connectivity index (χ4n) is 1.30. The molecule has 2 heteroatoms. The molecule has 1 atom stereocenters. The van der Waals surface area contributed by atoms with Crippen LogP contribution in [-0.4, -0.2) is 38.1 Å². The van der Waals surface area contributed by atoms with Crippen molar-refractivity contribution in [1.29, 1.82) is 0 Å². The number of rotatable bonds is 7. The van der Waals surface area contributed by atoms with Gasteiger partial charge >= 0.3 is 0 Å². The van der Waals surface area contributed by atoms with Gasteiger partial charge in [-0.3, -0.25) is 0 Å². The second kappa shape index (κ2) is 12.0. The zero-order chi connectivity index (χ0) is 12.3. The van der Waals surface area contributed by atoms with Crippen LogP contribution in [0.25, 0.3) is 0 Å². The van der Waals surface area contributed by atoms with Gasteiger partial charge in [0, 0.05) is 19.1 Å². The van der Waals surface area contributed by atoms with Crippen molar-refractivity contribution >= 4 is 0 Å². The van der Waals surface area contributed by atoms with Crippen LogP contribution in [0.3, 0.4) is 0 Å². The summed E-state index contributed by atoms with van der Waals surface area (Å²) in [5.41, 5.74) is 0. The fourth-order valence-corrected chi connectivity index (χ4v) is 1.30. The maximum atomic E-state index is 3.18. The SMILES string of the molecule is CC.CNCCN(C)C(C)CCC(C)C. The monoisotopic (exact) mass is 216 g/mol. The molecule has 0 rings (SSSR count). The molecule has 0 saturated heterocycles. The van der Waals surface area contributed by atoms with Gasteiger partial charge in [-0.2, -0.15) is 0 Å². The first kappa shape index (κ1) is 17.3. The van der Waals surface area contributed by atoms with E-state index in [1.807, 2.05) is 20.9 Å². The zero-order valence-corrected chi connectivity index (χ0v) is 11.9. The van der Waals surface area contributed by atoms with Crippen LogP contribution >= 0.6 is 0 Å². The molecule has 0 heterocycles. The van der Waals surface area contributed by atoms with E-state index in [2.05, 4.69) is 38.0 Å². The third-order valence-electron chi connectivity index (χ3n) is 2.63. The third-order valence-corrected chi connectivity index (χ3v) is 2.63. The topological polar surface area (TPSA) is 15.3 Å². The van der Waals surface area contributed by atoms with Crippen LogP contribution in [0, 0.1) is 5.92 Å². The molecule has 0 aromatic heterocycles. The first-order valence-corrected chi connectivity index (χ1v) is 6.42. The van der Waals surface area contributed by atoms with Crippen LogP contribution in [0.2, 0.25) is 0 Å². The van der Waals surface area contributed by atoms with Crippen LogP contribution in [0.4, 0.5) is 0 Å². The van der Waals surface area contributed by atoms with Crippen molar-refractivity contribution in [3.8, 4) is 0 Å². The lowest BCUT2D eigenvalue weighted by molar-refractivity contribution is 0.238. The number of hydrogen-bond acceptors (Lipinski definition) is 2. The highest BCUT2D eigenvalue weighted by molar-refractivity contribution is 4.64. The van der Waals surface area contributed by atoms with E-state index in [0.29, 0.717) is 0 Å². The van der Waals surface area contributed by atoms with Gasteiger partial charge in [-0.1, -0.05) is 27.7 Å². The minimum absolute atomic E-state index is 0.718. The smallest absolute Gasteiger partial charge is 0.0106 e. The summed E-state index contributed by atoms with van der Waals surface area (Å²) in [6.07, 6.45) is 2.66. The molecule has 1 N–H and O–H groups in total. The van der Waals surface area contributed by atoms with E-state index in [9.17, 15) is 0 Å². The maximum absolute atomic E-state index is 3.18. The summed E-state index contributed by atoms with van der Waals surface area (Å²) in [7, 11) is 4.22. The van der Waals surface area contributed by atoms with Gasteiger partial charge in [-0.15, -0.1) is 0 Å². The second-order valence-corrected chi connectivity index (χ2v) is 4.40. The molecule has 0 aromatic rings. The lowest BCUT2D eigenvalue weighted by Crippen LogP contribution is -2.34. The van der Waals surface area contributed by atoms with E-state index >= 15 is 0 Å². The molecule has 0 aromatic carbocycles. The van der Waals surface area contributed by atoms with Crippen molar-refractivity contribution in [3.63, 3.8) is 0 Å². The van der Waals surface area contributed by atoms with E-state index in [1.54, 1.807) is 0 Å². The number of likely N-dealkylation sites (N-methyl/N-ethyl adjacent to an activating group) is 2. The molecule has 0 spiro atoms. The van der Waals surface area contributed by atoms with Crippen LogP contribution in [0.1, 0.15) is 47.5 Å². The summed E-state index contributed by atoms with van der Waals surface area (Å²) in [5.74, 6) is 0.833. The lowest BCUT2D eigenvalue weighted by atomic mass is 10.0. The Hall–Kier alpha value is -0.0800. The normalized spacial score (nSPS) is 12.6. The Morgan fingerprint density at radius 1 is 1.07 bits per heavy atom. The van der Waals surface area contributed by atoms with E-state index in [-0.39, 0.29) is 0 Å². The van der Waals surface area contributed by atoms with Gasteiger partial charge in [0.2, 0.25) is 0 Å². The predicted molar refractivity (Wildman–Crippen MR) is 71.4 cm³/mol. The molecule has 94 valence electrons. The summed E-state index contributed by atoms with van der Waals surface area (Å²) in [6, 6.07) is 0.718. The highest BCUT2D eigenvalue weighted by atomic mass is 15.1. The fraction of sp³-hybridized carbons (Fsp3) is 1.00. The van der Waals surface area contributed by atoms with Gasteiger partial charge in [0.05, 0.1) is 0 Å². The predicted octanol–water partition coefficient (Wildman–Crippen LogP) is 2.99. The van der Waals surface area contributed by atoms with Crippen molar-refractivity contribution in [2.24, 2.45) is 5.92 Å². The molecule has 0 saturated carbocycles. The Labute approximate surface area is 97.4 Å². The Morgan fingerprint density at radius 3 is 2.00 bits per heavy atom. The summed E-state index contributed by atoms with van der Waals surface area (Å²) in [6.45, 7) is 13.1. The van der Waals surface area contributed by atoms with Crippen molar-refractivity contribution in [3.05, 3.63) is 0 Å². The van der Waals surface area contributed by atoms with E-state index in [4.69, 9.17) is 0 Å². The minimum atomic E-state index is 0.718. The molecule has 2 nitrogen and oxygen atoms in total. The number of nitrogens with zero attached hydrogens (tertiary/aromatic N) is 1. The Kier molecular flexibility index (Phi) is 13.8. The van der Waals surface area contributed by atoms with E-state index in [0.717, 1.165) is 25.0 Å². The minimum Gasteiger partial charge on any atom is -0.318 e. The standard InChI is InChI=1S/C11H26N2.C2H6/c1-10(2)6-7-11(3)13(5)9-8-12-4;1-2/h10-12H,6-9H2,1-5H3;1-2H3. The molecule has 0 bridgehead atoms. The molecular weight excluding hydrogens is 184 g/mol. The van der Waals surface area contributed by atoms with Gasteiger partial charge in [-0.05, 0) is 39.8 Å². The van der Waals surface area contributed by atoms with Crippen molar-refractivity contribution in [2.45, 2.75) is 53.5 Å². The molecule has 0 aliphatic rings. The molecule has 15 heavy (non-hydrogen) atoms. The van der Waals surface area contributed by atoms with E-state index < -0.39 is 0 Å². The van der Waals surface area contributed by atoms with Crippen molar-refractivity contribution < 1.29 is 0 Å². The quantitative estimate of drug-likeness (QED) is 0.704. The Bertz CT molecular complexity index is 113. The highest BCUT2D eigenvalue weighted by Gasteiger charge is 2.08. The molecule has 0 aliphatic heterocycles. The second-order valence-electron chi connectivity index (χ2n) is 4.40. The summed E-state index contributed by atoms with van der Waals surface area (Å²) in [5, 5.41) is 3.18. The van der Waals surface area contributed by atoms with Gasteiger partial charge in [0.25, 0.3) is 0 Å². The van der Waals surface area contributed by atoms with Gasteiger partial charge in [-0.25, -0.2) is 0 Å². The van der Waals surface area contributed by atoms with E-state index in [1.165, 1.54) is 12.8 Å². The molecule has 0 aliphatic carbocycles. The van der Waals surface area contributed by atoms with Crippen LogP contribution < -0.4 is 5.32 Å². The van der Waals surface area contributed by atoms with Gasteiger partial charge in [0.1, 0.15) is 0 Å². The summed E-state index contributed by atoms with van der Waals surface area (Å²) < 4.78 is 0. The molecule has 0 fully saturated rings. The molecular formula is C13H32N2. The maximum Gasteiger partial charge on any atom is 0.0106 e.